The number of benzene rings is 1. The van der Waals surface area contributed by atoms with Crippen molar-refractivity contribution in [2.75, 3.05) is 31.1 Å². The number of nitrogens with zero attached hydrogens (tertiary/aromatic N) is 2. The van der Waals surface area contributed by atoms with Crippen LogP contribution >= 0.6 is 0 Å². The van der Waals surface area contributed by atoms with Crippen LogP contribution in [0, 0.1) is 6.92 Å². The zero-order valence-electron chi connectivity index (χ0n) is 11.9. The smallest absolute Gasteiger partial charge is 0.192 e. The SMILES string of the molecule is Cc1nc2cc(C(C)C)cc(N3CCNCC3)c2o1. The van der Waals surface area contributed by atoms with E-state index in [1.165, 1.54) is 11.3 Å². The first kappa shape index (κ1) is 12.5. The van der Waals surface area contributed by atoms with Gasteiger partial charge in [-0.25, -0.2) is 4.98 Å². The van der Waals surface area contributed by atoms with Crippen molar-refractivity contribution in [1.82, 2.24) is 10.3 Å². The maximum absolute atomic E-state index is 5.81. The van der Waals surface area contributed by atoms with Crippen LogP contribution in [0.2, 0.25) is 0 Å². The molecule has 0 bridgehead atoms. The monoisotopic (exact) mass is 259 g/mol. The molecule has 0 unspecified atom stereocenters. The number of aryl methyl sites for hydroxylation is 1. The molecule has 1 aliphatic rings. The Morgan fingerprint density at radius 3 is 2.68 bits per heavy atom. The Morgan fingerprint density at radius 2 is 2.00 bits per heavy atom. The summed E-state index contributed by atoms with van der Waals surface area (Å²) in [5.41, 5.74) is 4.44. The number of oxazole rings is 1. The molecule has 0 amide bonds. The Morgan fingerprint density at radius 1 is 1.26 bits per heavy atom. The van der Waals surface area contributed by atoms with Crippen LogP contribution in [-0.4, -0.2) is 31.2 Å². The Bertz CT molecular complexity index is 582. The summed E-state index contributed by atoms with van der Waals surface area (Å²) in [4.78, 5) is 6.90. The summed E-state index contributed by atoms with van der Waals surface area (Å²) >= 11 is 0. The molecular weight excluding hydrogens is 238 g/mol. The molecule has 1 N–H and O–H groups in total. The van der Waals surface area contributed by atoms with Gasteiger partial charge in [-0.1, -0.05) is 13.8 Å². The predicted octanol–water partition coefficient (Wildman–Crippen LogP) is 2.67. The Kier molecular flexibility index (Phi) is 3.19. The molecule has 2 heterocycles. The summed E-state index contributed by atoms with van der Waals surface area (Å²) in [6.07, 6.45) is 0. The van der Waals surface area contributed by atoms with E-state index in [9.17, 15) is 0 Å². The number of fused-ring (bicyclic) bond motifs is 1. The van der Waals surface area contributed by atoms with Gasteiger partial charge in [0.25, 0.3) is 0 Å². The Labute approximate surface area is 113 Å². The van der Waals surface area contributed by atoms with Crippen molar-refractivity contribution in [3.8, 4) is 0 Å². The Hall–Kier alpha value is -1.55. The van der Waals surface area contributed by atoms with Crippen LogP contribution in [0.25, 0.3) is 11.1 Å². The highest BCUT2D eigenvalue weighted by Crippen LogP contribution is 2.32. The molecule has 0 atom stereocenters. The normalized spacial score (nSPS) is 16.5. The molecule has 1 saturated heterocycles. The fraction of sp³-hybridized carbons (Fsp3) is 0.533. The van der Waals surface area contributed by atoms with Gasteiger partial charge in [-0.15, -0.1) is 0 Å². The molecule has 4 nitrogen and oxygen atoms in total. The van der Waals surface area contributed by atoms with E-state index in [1.54, 1.807) is 0 Å². The van der Waals surface area contributed by atoms with Crippen molar-refractivity contribution < 1.29 is 4.42 Å². The van der Waals surface area contributed by atoms with E-state index in [2.05, 4.69) is 41.2 Å². The largest absolute Gasteiger partial charge is 0.439 e. The van der Waals surface area contributed by atoms with Crippen LogP contribution in [0.4, 0.5) is 5.69 Å². The lowest BCUT2D eigenvalue weighted by atomic mass is 10.0. The van der Waals surface area contributed by atoms with Crippen LogP contribution in [0.15, 0.2) is 16.5 Å². The van der Waals surface area contributed by atoms with Crippen LogP contribution in [-0.2, 0) is 0 Å². The van der Waals surface area contributed by atoms with Gasteiger partial charge in [-0.05, 0) is 23.6 Å². The third-order valence-corrected chi connectivity index (χ3v) is 3.72. The van der Waals surface area contributed by atoms with Crippen LogP contribution in [0.5, 0.6) is 0 Å². The van der Waals surface area contributed by atoms with Gasteiger partial charge in [0.1, 0.15) is 5.52 Å². The molecular formula is C15H21N3O. The van der Waals surface area contributed by atoms with Crippen molar-refractivity contribution in [3.05, 3.63) is 23.6 Å². The number of piperazine rings is 1. The predicted molar refractivity (Wildman–Crippen MR) is 77.9 cm³/mol. The summed E-state index contributed by atoms with van der Waals surface area (Å²) in [5.74, 6) is 1.25. The summed E-state index contributed by atoms with van der Waals surface area (Å²) in [7, 11) is 0. The number of hydrogen-bond acceptors (Lipinski definition) is 4. The first-order valence-electron chi connectivity index (χ1n) is 7.02. The standard InChI is InChI=1S/C15H21N3O/c1-10(2)12-8-13-15(19-11(3)17-13)14(9-12)18-6-4-16-5-7-18/h8-10,16H,4-7H2,1-3H3. The highest BCUT2D eigenvalue weighted by atomic mass is 16.3. The second kappa shape index (κ2) is 4.85. The van der Waals surface area contributed by atoms with E-state index in [0.29, 0.717) is 5.92 Å². The third kappa shape index (κ3) is 2.32. The van der Waals surface area contributed by atoms with E-state index in [1.807, 2.05) is 6.92 Å². The lowest BCUT2D eigenvalue weighted by Gasteiger charge is -2.29. The average molecular weight is 259 g/mol. The van der Waals surface area contributed by atoms with Gasteiger partial charge in [0.15, 0.2) is 11.5 Å². The molecule has 1 aromatic heterocycles. The van der Waals surface area contributed by atoms with Crippen molar-refractivity contribution >= 4 is 16.8 Å². The molecule has 0 radical (unpaired) electrons. The highest BCUT2D eigenvalue weighted by Gasteiger charge is 2.18. The van der Waals surface area contributed by atoms with Gasteiger partial charge in [0.2, 0.25) is 0 Å². The van der Waals surface area contributed by atoms with E-state index in [-0.39, 0.29) is 0 Å². The van der Waals surface area contributed by atoms with Gasteiger partial charge < -0.3 is 14.6 Å². The molecule has 1 fully saturated rings. The van der Waals surface area contributed by atoms with Crippen molar-refractivity contribution in [3.63, 3.8) is 0 Å². The Balaban J connectivity index is 2.13. The molecule has 0 aliphatic carbocycles. The van der Waals surface area contributed by atoms with Gasteiger partial charge in [0, 0.05) is 33.1 Å². The molecule has 0 spiro atoms. The number of rotatable bonds is 2. The quantitative estimate of drug-likeness (QED) is 0.900. The maximum atomic E-state index is 5.81. The molecule has 102 valence electrons. The zero-order valence-corrected chi connectivity index (χ0v) is 11.9. The van der Waals surface area contributed by atoms with Gasteiger partial charge >= 0.3 is 0 Å². The number of hydrogen-bond donors (Lipinski definition) is 1. The van der Waals surface area contributed by atoms with Crippen molar-refractivity contribution in [2.45, 2.75) is 26.7 Å². The van der Waals surface area contributed by atoms with E-state index in [4.69, 9.17) is 4.42 Å². The fourth-order valence-corrected chi connectivity index (χ4v) is 2.62. The third-order valence-electron chi connectivity index (χ3n) is 3.72. The second-order valence-corrected chi connectivity index (χ2v) is 5.51. The van der Waals surface area contributed by atoms with Gasteiger partial charge in [-0.3, -0.25) is 0 Å². The van der Waals surface area contributed by atoms with Gasteiger partial charge in [0.05, 0.1) is 5.69 Å². The van der Waals surface area contributed by atoms with Crippen LogP contribution in [0.1, 0.15) is 31.2 Å². The molecule has 1 aromatic carbocycles. The topological polar surface area (TPSA) is 41.3 Å². The molecule has 1 aliphatic heterocycles. The zero-order chi connectivity index (χ0) is 13.4. The highest BCUT2D eigenvalue weighted by molar-refractivity contribution is 5.88. The summed E-state index contributed by atoms with van der Waals surface area (Å²) < 4.78 is 5.81. The number of nitrogens with one attached hydrogen (secondary N) is 1. The first-order chi connectivity index (χ1) is 9.15. The second-order valence-electron chi connectivity index (χ2n) is 5.51. The molecule has 3 rings (SSSR count). The molecule has 4 heteroatoms. The maximum Gasteiger partial charge on any atom is 0.192 e. The molecule has 0 saturated carbocycles. The van der Waals surface area contributed by atoms with Gasteiger partial charge in [-0.2, -0.15) is 0 Å². The summed E-state index contributed by atoms with van der Waals surface area (Å²) in [6.45, 7) is 10.5. The van der Waals surface area contributed by atoms with Crippen molar-refractivity contribution in [1.29, 1.82) is 0 Å². The fourth-order valence-electron chi connectivity index (χ4n) is 2.62. The number of anilines is 1. The minimum absolute atomic E-state index is 0.503. The lowest BCUT2D eigenvalue weighted by molar-refractivity contribution is 0.552. The van der Waals surface area contributed by atoms with Crippen LogP contribution in [0.3, 0.4) is 0 Å². The van der Waals surface area contributed by atoms with E-state index in [0.717, 1.165) is 43.2 Å². The number of aromatic nitrogens is 1. The van der Waals surface area contributed by atoms with Crippen LogP contribution < -0.4 is 10.2 Å². The summed E-state index contributed by atoms with van der Waals surface area (Å²) in [6, 6.07) is 4.42. The molecule has 19 heavy (non-hydrogen) atoms. The first-order valence-corrected chi connectivity index (χ1v) is 7.02. The van der Waals surface area contributed by atoms with E-state index < -0.39 is 0 Å². The lowest BCUT2D eigenvalue weighted by Crippen LogP contribution is -2.43. The molecule has 2 aromatic rings. The minimum atomic E-state index is 0.503. The van der Waals surface area contributed by atoms with Crippen molar-refractivity contribution in [2.24, 2.45) is 0 Å². The summed E-state index contributed by atoms with van der Waals surface area (Å²) in [5, 5.41) is 3.39. The minimum Gasteiger partial charge on any atom is -0.439 e. The average Bonchev–Trinajstić information content (AvgIpc) is 2.78. The van der Waals surface area contributed by atoms with E-state index >= 15 is 0 Å².